The van der Waals surface area contributed by atoms with Crippen LogP contribution in [-0.2, 0) is 4.74 Å². The molecular formula is C14H26N2O2. The van der Waals surface area contributed by atoms with Crippen LogP contribution in [0.25, 0.3) is 0 Å². The van der Waals surface area contributed by atoms with Crippen molar-refractivity contribution in [2.75, 3.05) is 20.1 Å². The molecular weight excluding hydrogens is 228 g/mol. The summed E-state index contributed by atoms with van der Waals surface area (Å²) >= 11 is 0. The molecule has 2 atom stereocenters. The molecule has 4 nitrogen and oxygen atoms in total. The van der Waals surface area contributed by atoms with E-state index in [4.69, 9.17) is 4.74 Å². The highest BCUT2D eigenvalue weighted by Crippen LogP contribution is 2.32. The first-order valence-corrected chi connectivity index (χ1v) is 6.96. The monoisotopic (exact) mass is 254 g/mol. The molecule has 0 aromatic carbocycles. The summed E-state index contributed by atoms with van der Waals surface area (Å²) in [5.41, 5.74) is -0.402. The Morgan fingerprint density at radius 3 is 2.11 bits per heavy atom. The number of hydrogen-bond acceptors (Lipinski definition) is 3. The van der Waals surface area contributed by atoms with E-state index in [1.54, 1.807) is 0 Å². The summed E-state index contributed by atoms with van der Waals surface area (Å²) in [6.45, 7) is 10.0. The highest BCUT2D eigenvalue weighted by molar-refractivity contribution is 5.69. The molecule has 0 N–H and O–H groups in total. The maximum Gasteiger partial charge on any atom is 0.410 e. The first-order chi connectivity index (χ1) is 8.26. The van der Waals surface area contributed by atoms with Crippen molar-refractivity contribution in [3.05, 3.63) is 0 Å². The van der Waals surface area contributed by atoms with Gasteiger partial charge in [-0.05, 0) is 46.6 Å². The van der Waals surface area contributed by atoms with Crippen molar-refractivity contribution in [2.45, 2.75) is 58.2 Å². The molecule has 2 aliphatic heterocycles. The SMILES string of the molecule is CC1CC2CN(C)CC(C1)N2C(=O)OC(C)(C)C. The predicted molar refractivity (Wildman–Crippen MR) is 71.5 cm³/mol. The molecule has 0 saturated carbocycles. The van der Waals surface area contributed by atoms with Gasteiger partial charge in [0.1, 0.15) is 5.60 Å². The van der Waals surface area contributed by atoms with Crippen LogP contribution in [0.2, 0.25) is 0 Å². The second-order valence-electron chi connectivity index (χ2n) is 6.99. The molecule has 104 valence electrons. The normalized spacial score (nSPS) is 33.4. The molecule has 1 amide bonds. The summed E-state index contributed by atoms with van der Waals surface area (Å²) in [7, 11) is 2.14. The molecule has 2 fully saturated rings. The summed E-state index contributed by atoms with van der Waals surface area (Å²) in [6, 6.07) is 0.652. The van der Waals surface area contributed by atoms with Crippen LogP contribution >= 0.6 is 0 Å². The number of amides is 1. The van der Waals surface area contributed by atoms with E-state index < -0.39 is 5.60 Å². The standard InChI is InChI=1S/C14H26N2O2/c1-10-6-11-8-15(5)9-12(7-10)16(11)13(17)18-14(2,3)4/h10-12H,6-9H2,1-5H3. The van der Waals surface area contributed by atoms with E-state index in [9.17, 15) is 4.79 Å². The Labute approximate surface area is 110 Å². The van der Waals surface area contributed by atoms with Gasteiger partial charge in [0.05, 0.1) is 0 Å². The van der Waals surface area contributed by atoms with Gasteiger partial charge in [-0.15, -0.1) is 0 Å². The number of rotatable bonds is 0. The van der Waals surface area contributed by atoms with Gasteiger partial charge in [-0.1, -0.05) is 6.92 Å². The molecule has 2 aliphatic rings. The number of piperidine rings is 1. The summed E-state index contributed by atoms with van der Waals surface area (Å²) in [5.74, 6) is 0.715. The van der Waals surface area contributed by atoms with E-state index in [0.29, 0.717) is 18.0 Å². The molecule has 0 radical (unpaired) electrons. The van der Waals surface area contributed by atoms with Gasteiger partial charge in [-0.3, -0.25) is 4.90 Å². The number of piperazine rings is 1. The molecule has 18 heavy (non-hydrogen) atoms. The van der Waals surface area contributed by atoms with Gasteiger partial charge < -0.3 is 9.64 Å². The number of carbonyl (C=O) groups excluding carboxylic acids is 1. The smallest absolute Gasteiger partial charge is 0.410 e. The summed E-state index contributed by atoms with van der Waals surface area (Å²) in [4.78, 5) is 16.7. The number of hydrogen-bond donors (Lipinski definition) is 0. The topological polar surface area (TPSA) is 32.8 Å². The minimum absolute atomic E-state index is 0.127. The third-order valence-electron chi connectivity index (χ3n) is 3.78. The predicted octanol–water partition coefficient (Wildman–Crippen LogP) is 2.34. The molecule has 2 bridgehead atoms. The van der Waals surface area contributed by atoms with E-state index in [1.807, 2.05) is 25.7 Å². The number of likely N-dealkylation sites (tertiary alicyclic amines) is 1. The minimum Gasteiger partial charge on any atom is -0.444 e. The van der Waals surface area contributed by atoms with Crippen molar-refractivity contribution < 1.29 is 9.53 Å². The molecule has 4 heteroatoms. The Morgan fingerprint density at radius 1 is 1.17 bits per heavy atom. The maximum absolute atomic E-state index is 12.3. The Morgan fingerprint density at radius 2 is 1.67 bits per heavy atom. The van der Waals surface area contributed by atoms with Gasteiger partial charge in [0.25, 0.3) is 0 Å². The van der Waals surface area contributed by atoms with E-state index in [0.717, 1.165) is 25.9 Å². The van der Waals surface area contributed by atoms with Crippen LogP contribution in [0.15, 0.2) is 0 Å². The lowest BCUT2D eigenvalue weighted by atomic mass is 9.84. The molecule has 2 unspecified atom stereocenters. The first-order valence-electron chi connectivity index (χ1n) is 6.96. The third kappa shape index (κ3) is 2.97. The molecule has 0 spiro atoms. The van der Waals surface area contributed by atoms with Crippen LogP contribution < -0.4 is 0 Å². The highest BCUT2D eigenvalue weighted by atomic mass is 16.6. The van der Waals surface area contributed by atoms with Crippen molar-refractivity contribution in [2.24, 2.45) is 5.92 Å². The fourth-order valence-electron chi connectivity index (χ4n) is 3.28. The summed E-state index contributed by atoms with van der Waals surface area (Å²) in [5, 5.41) is 0. The Hall–Kier alpha value is -0.770. The molecule has 0 aliphatic carbocycles. The molecule has 2 rings (SSSR count). The second kappa shape index (κ2) is 4.72. The van der Waals surface area contributed by atoms with Crippen LogP contribution in [0.4, 0.5) is 4.79 Å². The van der Waals surface area contributed by atoms with Gasteiger partial charge in [0.15, 0.2) is 0 Å². The fourth-order valence-corrected chi connectivity index (χ4v) is 3.28. The third-order valence-corrected chi connectivity index (χ3v) is 3.78. The van der Waals surface area contributed by atoms with Gasteiger partial charge in [-0.25, -0.2) is 4.79 Å². The largest absolute Gasteiger partial charge is 0.444 e. The fraction of sp³-hybridized carbons (Fsp3) is 0.929. The van der Waals surface area contributed by atoms with Crippen molar-refractivity contribution in [1.29, 1.82) is 0 Å². The lowest BCUT2D eigenvalue weighted by Crippen LogP contribution is -2.63. The quantitative estimate of drug-likeness (QED) is 0.665. The number of carbonyl (C=O) groups is 1. The van der Waals surface area contributed by atoms with Crippen LogP contribution in [0.5, 0.6) is 0 Å². The average Bonchev–Trinajstić information content (AvgIpc) is 2.11. The van der Waals surface area contributed by atoms with E-state index in [1.165, 1.54) is 0 Å². The highest BCUT2D eigenvalue weighted by Gasteiger charge is 2.42. The van der Waals surface area contributed by atoms with Crippen molar-refractivity contribution >= 4 is 6.09 Å². The average molecular weight is 254 g/mol. The van der Waals surface area contributed by atoms with Crippen LogP contribution in [0.3, 0.4) is 0 Å². The molecule has 0 aromatic heterocycles. The van der Waals surface area contributed by atoms with Crippen LogP contribution in [-0.4, -0.2) is 53.7 Å². The maximum atomic E-state index is 12.3. The molecule has 0 aromatic rings. The van der Waals surface area contributed by atoms with Crippen LogP contribution in [0, 0.1) is 5.92 Å². The Balaban J connectivity index is 2.10. The zero-order valence-corrected chi connectivity index (χ0v) is 12.3. The minimum atomic E-state index is -0.402. The lowest BCUT2D eigenvalue weighted by Gasteiger charge is -2.50. The number of likely N-dealkylation sites (N-methyl/N-ethyl adjacent to an activating group) is 1. The first kappa shape index (κ1) is 13.7. The zero-order valence-electron chi connectivity index (χ0n) is 12.3. The van der Waals surface area contributed by atoms with E-state index >= 15 is 0 Å². The van der Waals surface area contributed by atoms with Gasteiger partial charge in [0.2, 0.25) is 0 Å². The second-order valence-corrected chi connectivity index (χ2v) is 6.99. The number of nitrogens with zero attached hydrogens (tertiary/aromatic N) is 2. The number of ether oxygens (including phenoxy) is 1. The summed E-state index contributed by atoms with van der Waals surface area (Å²) in [6.07, 6.45) is 2.07. The van der Waals surface area contributed by atoms with Gasteiger partial charge >= 0.3 is 6.09 Å². The van der Waals surface area contributed by atoms with E-state index in [-0.39, 0.29) is 6.09 Å². The van der Waals surface area contributed by atoms with Crippen molar-refractivity contribution in [3.63, 3.8) is 0 Å². The molecule has 2 saturated heterocycles. The summed E-state index contributed by atoms with van der Waals surface area (Å²) < 4.78 is 5.55. The number of fused-ring (bicyclic) bond motifs is 2. The van der Waals surface area contributed by atoms with Crippen molar-refractivity contribution in [3.8, 4) is 0 Å². The molecule has 2 heterocycles. The van der Waals surface area contributed by atoms with E-state index in [2.05, 4.69) is 18.9 Å². The van der Waals surface area contributed by atoms with Crippen LogP contribution in [0.1, 0.15) is 40.5 Å². The van der Waals surface area contributed by atoms with Crippen molar-refractivity contribution in [1.82, 2.24) is 9.80 Å². The lowest BCUT2D eigenvalue weighted by molar-refractivity contribution is -0.0420. The zero-order chi connectivity index (χ0) is 13.5. The Kier molecular flexibility index (Phi) is 3.58. The van der Waals surface area contributed by atoms with Gasteiger partial charge in [-0.2, -0.15) is 0 Å². The van der Waals surface area contributed by atoms with Gasteiger partial charge in [0, 0.05) is 25.2 Å². The Bertz CT molecular complexity index is 294.